The highest BCUT2D eigenvalue weighted by Crippen LogP contribution is 2.39. The van der Waals surface area contributed by atoms with E-state index in [1.807, 2.05) is 10.9 Å². The molecule has 1 aliphatic heterocycles. The monoisotopic (exact) mass is 399 g/mol. The summed E-state index contributed by atoms with van der Waals surface area (Å²) in [6.07, 6.45) is 6.63. The molecule has 0 bridgehead atoms. The molecule has 9 heteroatoms. The van der Waals surface area contributed by atoms with Crippen LogP contribution < -0.4 is 0 Å². The van der Waals surface area contributed by atoms with Gasteiger partial charge in [-0.3, -0.25) is 0 Å². The summed E-state index contributed by atoms with van der Waals surface area (Å²) >= 11 is 0. The Bertz CT molecular complexity index is 1100. The minimum atomic E-state index is -3.54. The van der Waals surface area contributed by atoms with Crippen molar-refractivity contribution in [1.82, 2.24) is 24.3 Å². The lowest BCUT2D eigenvalue weighted by Crippen LogP contribution is -2.29. The lowest BCUT2D eigenvalue weighted by atomic mass is 10.2. The number of hydrogen-bond acceptors (Lipinski definition) is 6. The minimum absolute atomic E-state index is 0.0344. The van der Waals surface area contributed by atoms with Crippen molar-refractivity contribution in [1.29, 1.82) is 0 Å². The van der Waals surface area contributed by atoms with Gasteiger partial charge in [0.1, 0.15) is 12.0 Å². The number of aryl methyl sites for hydroxylation is 1. The van der Waals surface area contributed by atoms with Crippen molar-refractivity contribution in [3.8, 4) is 11.3 Å². The quantitative estimate of drug-likeness (QED) is 0.655. The maximum absolute atomic E-state index is 13.0. The van der Waals surface area contributed by atoms with Gasteiger partial charge < -0.3 is 4.42 Å². The normalized spacial score (nSPS) is 20.7. The third-order valence-electron chi connectivity index (χ3n) is 5.43. The predicted octanol–water partition coefficient (Wildman–Crippen LogP) is 2.75. The lowest BCUT2D eigenvalue weighted by molar-refractivity contribution is 0.428. The summed E-state index contributed by atoms with van der Waals surface area (Å²) in [5, 5.41) is 8.46. The molecule has 0 radical (unpaired) electrons. The van der Waals surface area contributed by atoms with E-state index >= 15 is 0 Å². The van der Waals surface area contributed by atoms with Gasteiger partial charge in [0.25, 0.3) is 0 Å². The standard InChI is InChI=1S/C19H21N5O3S/c1-13-20-19(12-27-13)15-4-6-17(7-5-15)28(25,26)23-9-8-16(10-23)24-11-18(21-22-24)14-2-3-14/h4-7,11-12,14,16H,2-3,8-10H2,1H3/t16-/m0/s1. The summed E-state index contributed by atoms with van der Waals surface area (Å²) in [5.41, 5.74) is 2.55. The van der Waals surface area contributed by atoms with E-state index in [9.17, 15) is 8.42 Å². The molecule has 2 aromatic heterocycles. The summed E-state index contributed by atoms with van der Waals surface area (Å²) in [6.45, 7) is 2.67. The molecule has 146 valence electrons. The zero-order valence-corrected chi connectivity index (χ0v) is 16.3. The highest BCUT2D eigenvalue weighted by atomic mass is 32.2. The number of aromatic nitrogens is 4. The van der Waals surface area contributed by atoms with Crippen LogP contribution in [-0.4, -0.2) is 45.8 Å². The molecular formula is C19H21N5O3S. The Hall–Kier alpha value is -2.52. The van der Waals surface area contributed by atoms with Crippen molar-refractivity contribution in [2.24, 2.45) is 0 Å². The van der Waals surface area contributed by atoms with Crippen LogP contribution in [0.2, 0.25) is 0 Å². The average Bonchev–Trinajstić information content (AvgIpc) is 3.11. The second kappa shape index (κ2) is 6.52. The fourth-order valence-electron chi connectivity index (χ4n) is 3.62. The molecule has 28 heavy (non-hydrogen) atoms. The topological polar surface area (TPSA) is 94.1 Å². The maximum Gasteiger partial charge on any atom is 0.243 e. The van der Waals surface area contributed by atoms with E-state index in [0.29, 0.717) is 30.6 Å². The Kier molecular flexibility index (Phi) is 4.09. The number of nitrogens with zero attached hydrogens (tertiary/aromatic N) is 5. The molecule has 1 aromatic carbocycles. The lowest BCUT2D eigenvalue weighted by Gasteiger charge is -2.16. The highest BCUT2D eigenvalue weighted by molar-refractivity contribution is 7.89. The molecule has 0 unspecified atom stereocenters. The molecule has 3 heterocycles. The fourth-order valence-corrected chi connectivity index (χ4v) is 5.11. The summed E-state index contributed by atoms with van der Waals surface area (Å²) in [7, 11) is -3.54. The van der Waals surface area contributed by atoms with Crippen molar-refractivity contribution < 1.29 is 12.8 Å². The first kappa shape index (κ1) is 17.6. The zero-order chi connectivity index (χ0) is 19.3. The molecule has 2 fully saturated rings. The van der Waals surface area contributed by atoms with E-state index in [2.05, 4.69) is 15.3 Å². The summed E-state index contributed by atoms with van der Waals surface area (Å²) < 4.78 is 34.7. The first-order valence-corrected chi connectivity index (χ1v) is 10.9. The molecule has 1 saturated carbocycles. The zero-order valence-electron chi connectivity index (χ0n) is 15.5. The maximum atomic E-state index is 13.0. The Morgan fingerprint density at radius 3 is 2.61 bits per heavy atom. The van der Waals surface area contributed by atoms with E-state index in [1.165, 1.54) is 17.1 Å². The molecular weight excluding hydrogens is 378 g/mol. The van der Waals surface area contributed by atoms with Gasteiger partial charge in [-0.2, -0.15) is 4.31 Å². The molecule has 0 amide bonds. The van der Waals surface area contributed by atoms with Crippen LogP contribution in [0.4, 0.5) is 0 Å². The van der Waals surface area contributed by atoms with Crippen LogP contribution in [0.3, 0.4) is 0 Å². The molecule has 0 N–H and O–H groups in total. The Labute approximate surface area is 163 Å². The third kappa shape index (κ3) is 3.14. The summed E-state index contributed by atoms with van der Waals surface area (Å²) in [4.78, 5) is 4.56. The SMILES string of the molecule is Cc1nc(-c2ccc(S(=O)(=O)N3CC[C@H](n4cc(C5CC5)nn4)C3)cc2)co1. The Morgan fingerprint density at radius 1 is 1.14 bits per heavy atom. The van der Waals surface area contributed by atoms with Gasteiger partial charge in [0.15, 0.2) is 5.89 Å². The second-order valence-electron chi connectivity index (χ2n) is 7.48. The van der Waals surface area contributed by atoms with Crippen molar-refractivity contribution in [2.75, 3.05) is 13.1 Å². The van der Waals surface area contributed by atoms with Gasteiger partial charge in [-0.05, 0) is 31.4 Å². The second-order valence-corrected chi connectivity index (χ2v) is 9.42. The van der Waals surface area contributed by atoms with Gasteiger partial charge in [0.05, 0.1) is 16.6 Å². The van der Waals surface area contributed by atoms with Gasteiger partial charge >= 0.3 is 0 Å². The van der Waals surface area contributed by atoms with Gasteiger partial charge in [-0.1, -0.05) is 17.3 Å². The number of rotatable bonds is 5. The summed E-state index contributed by atoms with van der Waals surface area (Å²) in [6, 6.07) is 6.81. The molecule has 1 atom stereocenters. The third-order valence-corrected chi connectivity index (χ3v) is 7.31. The van der Waals surface area contributed by atoms with Crippen LogP contribution in [-0.2, 0) is 10.0 Å². The number of sulfonamides is 1. The van der Waals surface area contributed by atoms with Crippen molar-refractivity contribution in [3.05, 3.63) is 48.3 Å². The van der Waals surface area contributed by atoms with E-state index in [4.69, 9.17) is 4.42 Å². The molecule has 3 aromatic rings. The molecule has 1 saturated heterocycles. The Morgan fingerprint density at radius 2 is 1.93 bits per heavy atom. The smallest absolute Gasteiger partial charge is 0.243 e. The predicted molar refractivity (Wildman–Crippen MR) is 101 cm³/mol. The molecule has 1 aliphatic carbocycles. The van der Waals surface area contributed by atoms with Crippen LogP contribution in [0.15, 0.2) is 46.0 Å². The highest BCUT2D eigenvalue weighted by Gasteiger charge is 2.35. The van der Waals surface area contributed by atoms with Crippen LogP contribution in [0.5, 0.6) is 0 Å². The van der Waals surface area contributed by atoms with Gasteiger partial charge in [-0.15, -0.1) is 5.10 Å². The van der Waals surface area contributed by atoms with Crippen LogP contribution in [0, 0.1) is 6.92 Å². The van der Waals surface area contributed by atoms with Gasteiger partial charge in [-0.25, -0.2) is 18.1 Å². The van der Waals surface area contributed by atoms with Crippen LogP contribution >= 0.6 is 0 Å². The number of hydrogen-bond donors (Lipinski definition) is 0. The van der Waals surface area contributed by atoms with Crippen LogP contribution in [0.1, 0.15) is 42.8 Å². The van der Waals surface area contributed by atoms with Gasteiger partial charge in [0.2, 0.25) is 10.0 Å². The molecule has 2 aliphatic rings. The number of oxazole rings is 1. The largest absolute Gasteiger partial charge is 0.449 e. The fraction of sp³-hybridized carbons (Fsp3) is 0.421. The van der Waals surface area contributed by atoms with E-state index in [-0.39, 0.29) is 10.9 Å². The van der Waals surface area contributed by atoms with Crippen molar-refractivity contribution >= 4 is 10.0 Å². The minimum Gasteiger partial charge on any atom is -0.449 e. The van der Waals surface area contributed by atoms with Crippen LogP contribution in [0.25, 0.3) is 11.3 Å². The first-order chi connectivity index (χ1) is 13.5. The van der Waals surface area contributed by atoms with Gasteiger partial charge in [0, 0.05) is 37.7 Å². The van der Waals surface area contributed by atoms with E-state index < -0.39 is 10.0 Å². The van der Waals surface area contributed by atoms with Crippen molar-refractivity contribution in [2.45, 2.75) is 43.0 Å². The van der Waals surface area contributed by atoms with E-state index in [1.54, 1.807) is 37.5 Å². The summed E-state index contributed by atoms with van der Waals surface area (Å²) in [5.74, 6) is 1.12. The van der Waals surface area contributed by atoms with E-state index in [0.717, 1.165) is 17.7 Å². The average molecular weight is 399 g/mol. The Balaban J connectivity index is 1.32. The van der Waals surface area contributed by atoms with Crippen molar-refractivity contribution in [3.63, 3.8) is 0 Å². The molecule has 0 spiro atoms. The number of benzene rings is 1. The first-order valence-electron chi connectivity index (χ1n) is 9.45. The molecule has 5 rings (SSSR count). The molecule has 8 nitrogen and oxygen atoms in total.